The van der Waals surface area contributed by atoms with Gasteiger partial charge < -0.3 is 5.32 Å². The van der Waals surface area contributed by atoms with E-state index in [9.17, 15) is 4.21 Å². The van der Waals surface area contributed by atoms with Gasteiger partial charge in [-0.2, -0.15) is 0 Å². The summed E-state index contributed by atoms with van der Waals surface area (Å²) >= 11 is 5.76. The predicted molar refractivity (Wildman–Crippen MR) is 59.1 cm³/mol. The van der Waals surface area contributed by atoms with Gasteiger partial charge in [0.15, 0.2) is 11.0 Å². The van der Waals surface area contributed by atoms with Crippen molar-refractivity contribution in [3.05, 3.63) is 17.5 Å². The summed E-state index contributed by atoms with van der Waals surface area (Å²) in [6.07, 6.45) is 3.09. The van der Waals surface area contributed by atoms with Crippen molar-refractivity contribution in [3.8, 4) is 0 Å². The fourth-order valence-electron chi connectivity index (χ4n) is 0.867. The molecule has 0 fully saturated rings. The Hall–Kier alpha value is -0.680. The number of anilines is 1. The maximum atomic E-state index is 11.1. The number of halogens is 1. The van der Waals surface area contributed by atoms with E-state index >= 15 is 0 Å². The van der Waals surface area contributed by atoms with Crippen LogP contribution in [0.25, 0.3) is 0 Å². The van der Waals surface area contributed by atoms with Gasteiger partial charge in [0.1, 0.15) is 0 Å². The highest BCUT2D eigenvalue weighted by atomic mass is 35.5. The highest BCUT2D eigenvalue weighted by Gasteiger charge is 2.01. The molecule has 0 bridgehead atoms. The van der Waals surface area contributed by atoms with Gasteiger partial charge in [-0.1, -0.05) is 18.5 Å². The number of hydrogen-bond acceptors (Lipinski definition) is 4. The molecule has 0 aliphatic rings. The molecule has 1 rings (SSSR count). The Morgan fingerprint density at radius 2 is 2.21 bits per heavy atom. The quantitative estimate of drug-likeness (QED) is 0.833. The fourth-order valence-corrected chi connectivity index (χ4v) is 1.66. The fraction of sp³-hybridized carbons (Fsp3) is 0.500. The zero-order valence-electron chi connectivity index (χ0n) is 7.86. The monoisotopic (exact) mass is 233 g/mol. The van der Waals surface area contributed by atoms with Crippen molar-refractivity contribution in [2.45, 2.75) is 6.92 Å². The number of rotatable bonds is 5. The van der Waals surface area contributed by atoms with Gasteiger partial charge >= 0.3 is 0 Å². The van der Waals surface area contributed by atoms with Crippen LogP contribution >= 0.6 is 11.6 Å². The second-order valence-corrected chi connectivity index (χ2v) is 4.78. The maximum absolute atomic E-state index is 11.1. The first-order valence-corrected chi connectivity index (χ1v) is 6.16. The van der Waals surface area contributed by atoms with Crippen LogP contribution in [0.15, 0.2) is 12.4 Å². The van der Waals surface area contributed by atoms with Crippen LogP contribution in [0.3, 0.4) is 0 Å². The van der Waals surface area contributed by atoms with Crippen LogP contribution in [0, 0.1) is 0 Å². The average Bonchev–Trinajstić information content (AvgIpc) is 2.20. The first kappa shape index (κ1) is 11.4. The minimum atomic E-state index is -0.761. The van der Waals surface area contributed by atoms with Gasteiger partial charge in [-0.15, -0.1) is 0 Å². The number of nitrogens with one attached hydrogen (secondary N) is 1. The number of aromatic nitrogens is 2. The van der Waals surface area contributed by atoms with Gasteiger partial charge in [0, 0.05) is 41.2 Å². The first-order valence-electron chi connectivity index (χ1n) is 4.29. The molecule has 1 unspecified atom stereocenters. The summed E-state index contributed by atoms with van der Waals surface area (Å²) in [6.45, 7) is 2.49. The molecular formula is C8H12ClN3OS. The summed E-state index contributed by atoms with van der Waals surface area (Å²) in [6, 6.07) is 0. The van der Waals surface area contributed by atoms with Gasteiger partial charge in [0.25, 0.3) is 0 Å². The van der Waals surface area contributed by atoms with Gasteiger partial charge in [-0.05, 0) is 0 Å². The van der Waals surface area contributed by atoms with Crippen LogP contribution < -0.4 is 5.32 Å². The molecule has 1 heterocycles. The molecule has 1 aromatic rings. The topological polar surface area (TPSA) is 54.9 Å². The first-order chi connectivity index (χ1) is 6.74. The van der Waals surface area contributed by atoms with Crippen molar-refractivity contribution in [2.24, 2.45) is 0 Å². The standard InChI is InChI=1S/C8H12ClN3OS/c1-2-14(13)6-5-12-8-7(9)10-3-4-11-8/h3-4H,2,5-6H2,1H3,(H,11,12). The minimum absolute atomic E-state index is 0.342. The van der Waals surface area contributed by atoms with E-state index in [1.54, 1.807) is 6.20 Å². The van der Waals surface area contributed by atoms with E-state index < -0.39 is 10.8 Å². The molecule has 0 spiro atoms. The Morgan fingerprint density at radius 3 is 2.86 bits per heavy atom. The summed E-state index contributed by atoms with van der Waals surface area (Å²) < 4.78 is 11.1. The Labute approximate surface area is 90.6 Å². The third kappa shape index (κ3) is 3.59. The molecule has 14 heavy (non-hydrogen) atoms. The molecule has 1 atom stereocenters. The van der Waals surface area contributed by atoms with E-state index in [-0.39, 0.29) is 0 Å². The van der Waals surface area contributed by atoms with E-state index in [0.29, 0.717) is 29.0 Å². The minimum Gasteiger partial charge on any atom is -0.367 e. The van der Waals surface area contributed by atoms with E-state index in [4.69, 9.17) is 11.6 Å². The van der Waals surface area contributed by atoms with Crippen LogP contribution in [0.5, 0.6) is 0 Å². The Kier molecular flexibility index (Phi) is 4.82. The Balaban J connectivity index is 2.39. The molecule has 6 heteroatoms. The largest absolute Gasteiger partial charge is 0.367 e. The molecule has 0 aromatic carbocycles. The van der Waals surface area contributed by atoms with Crippen LogP contribution in [-0.2, 0) is 10.8 Å². The van der Waals surface area contributed by atoms with Gasteiger partial charge in [0.05, 0.1) is 0 Å². The lowest BCUT2D eigenvalue weighted by atomic mass is 10.6. The van der Waals surface area contributed by atoms with Crippen molar-refractivity contribution in [1.29, 1.82) is 0 Å². The Morgan fingerprint density at radius 1 is 1.50 bits per heavy atom. The molecule has 1 N–H and O–H groups in total. The average molecular weight is 234 g/mol. The van der Waals surface area contributed by atoms with Crippen LogP contribution in [0.2, 0.25) is 5.15 Å². The molecule has 0 saturated heterocycles. The van der Waals surface area contributed by atoms with Crippen molar-refractivity contribution < 1.29 is 4.21 Å². The summed E-state index contributed by atoms with van der Waals surface area (Å²) in [4.78, 5) is 7.86. The molecule has 1 aromatic heterocycles. The van der Waals surface area contributed by atoms with E-state index in [1.807, 2.05) is 6.92 Å². The summed E-state index contributed by atoms with van der Waals surface area (Å²) in [5, 5.41) is 3.32. The lowest BCUT2D eigenvalue weighted by Crippen LogP contribution is -2.13. The molecule has 78 valence electrons. The van der Waals surface area contributed by atoms with Gasteiger partial charge in [-0.25, -0.2) is 9.97 Å². The molecular weight excluding hydrogens is 222 g/mol. The number of hydrogen-bond donors (Lipinski definition) is 1. The second kappa shape index (κ2) is 5.93. The third-order valence-corrected chi connectivity index (χ3v) is 3.18. The molecule has 0 aliphatic heterocycles. The molecule has 0 radical (unpaired) electrons. The van der Waals surface area contributed by atoms with E-state index in [0.717, 1.165) is 0 Å². The zero-order chi connectivity index (χ0) is 10.4. The van der Waals surface area contributed by atoms with Gasteiger partial charge in [0.2, 0.25) is 0 Å². The number of nitrogens with zero attached hydrogens (tertiary/aromatic N) is 2. The van der Waals surface area contributed by atoms with Crippen LogP contribution in [-0.4, -0.2) is 32.2 Å². The SMILES string of the molecule is CCS(=O)CCNc1nccnc1Cl. The smallest absolute Gasteiger partial charge is 0.171 e. The Bertz CT molecular complexity index is 321. The lowest BCUT2D eigenvalue weighted by molar-refractivity contribution is 0.684. The third-order valence-electron chi connectivity index (χ3n) is 1.60. The van der Waals surface area contributed by atoms with Crippen LogP contribution in [0.4, 0.5) is 5.82 Å². The van der Waals surface area contributed by atoms with Crippen molar-refractivity contribution >= 4 is 28.2 Å². The summed E-state index contributed by atoms with van der Waals surface area (Å²) in [5.41, 5.74) is 0. The molecule has 0 saturated carbocycles. The lowest BCUT2D eigenvalue weighted by Gasteiger charge is -2.04. The second-order valence-electron chi connectivity index (χ2n) is 2.56. The van der Waals surface area contributed by atoms with Crippen LogP contribution in [0.1, 0.15) is 6.92 Å². The van der Waals surface area contributed by atoms with E-state index in [1.165, 1.54) is 6.20 Å². The van der Waals surface area contributed by atoms with Crippen molar-refractivity contribution in [3.63, 3.8) is 0 Å². The summed E-state index contributed by atoms with van der Waals surface area (Å²) in [5.74, 6) is 1.82. The summed E-state index contributed by atoms with van der Waals surface area (Å²) in [7, 11) is -0.761. The van der Waals surface area contributed by atoms with E-state index in [2.05, 4.69) is 15.3 Å². The molecule has 0 amide bonds. The highest BCUT2D eigenvalue weighted by Crippen LogP contribution is 2.13. The predicted octanol–water partition coefficient (Wildman–Crippen LogP) is 1.31. The zero-order valence-corrected chi connectivity index (χ0v) is 9.44. The highest BCUT2D eigenvalue weighted by molar-refractivity contribution is 7.84. The van der Waals surface area contributed by atoms with Crippen molar-refractivity contribution in [1.82, 2.24) is 9.97 Å². The normalized spacial score (nSPS) is 12.4. The molecule has 0 aliphatic carbocycles. The molecule has 4 nitrogen and oxygen atoms in total. The van der Waals surface area contributed by atoms with Gasteiger partial charge in [-0.3, -0.25) is 4.21 Å². The van der Waals surface area contributed by atoms with Crippen molar-refractivity contribution in [2.75, 3.05) is 23.4 Å². The maximum Gasteiger partial charge on any atom is 0.171 e.